The molecule has 198 valence electrons. The SMILES string of the molecule is CCC(=C\c1oc2ccc(Cl)cc2[n+]1CS(=O)(=O)[O-])/C=C1/Oc2ccc(C)cc2N1CC(C)S(=O)(=O)O. The topological polar surface area (TPSA) is 141 Å². The molecule has 0 amide bonds. The summed E-state index contributed by atoms with van der Waals surface area (Å²) in [5, 5.41) is -0.765. The minimum absolute atomic E-state index is 0.0737. The molecule has 1 aliphatic rings. The number of hydrogen-bond acceptors (Lipinski definition) is 8. The molecule has 1 aliphatic heterocycles. The third-order valence-electron chi connectivity index (χ3n) is 5.84. The summed E-state index contributed by atoms with van der Waals surface area (Å²) < 4.78 is 80.9. The molecule has 13 heteroatoms. The maximum atomic E-state index is 11.7. The summed E-state index contributed by atoms with van der Waals surface area (Å²) in [6, 6.07) is 10.1. The van der Waals surface area contributed by atoms with E-state index in [-0.39, 0.29) is 12.4 Å². The zero-order valence-electron chi connectivity index (χ0n) is 20.2. The molecule has 1 unspecified atom stereocenters. The fourth-order valence-electron chi connectivity index (χ4n) is 3.89. The highest BCUT2D eigenvalue weighted by atomic mass is 35.5. The van der Waals surface area contributed by atoms with Crippen LogP contribution in [0.1, 0.15) is 31.7 Å². The lowest BCUT2D eigenvalue weighted by atomic mass is 10.1. The lowest BCUT2D eigenvalue weighted by molar-refractivity contribution is -0.658. The van der Waals surface area contributed by atoms with Crippen LogP contribution in [0.4, 0.5) is 5.69 Å². The first-order valence-electron chi connectivity index (χ1n) is 11.2. The number of oxazole rings is 1. The number of fused-ring (bicyclic) bond motifs is 2. The Bertz CT molecular complexity index is 1640. The second kappa shape index (κ2) is 10.1. The van der Waals surface area contributed by atoms with Crippen molar-refractivity contribution >= 4 is 54.7 Å². The van der Waals surface area contributed by atoms with Gasteiger partial charge in [0.15, 0.2) is 15.9 Å². The van der Waals surface area contributed by atoms with Gasteiger partial charge in [0.05, 0.1) is 11.8 Å². The Hall–Kier alpha value is -2.90. The van der Waals surface area contributed by atoms with Gasteiger partial charge in [-0.25, -0.2) is 8.42 Å². The fourth-order valence-corrected chi connectivity index (χ4v) is 4.98. The summed E-state index contributed by atoms with van der Waals surface area (Å²) in [5.41, 5.74) is 2.88. The first-order valence-corrected chi connectivity index (χ1v) is 14.7. The molecule has 10 nitrogen and oxygen atoms in total. The lowest BCUT2D eigenvalue weighted by Crippen LogP contribution is -2.39. The molecule has 1 aromatic heterocycles. The molecule has 0 aliphatic carbocycles. The normalized spacial score (nSPS) is 16.3. The zero-order chi connectivity index (χ0) is 27.1. The molecule has 3 aromatic rings. The highest BCUT2D eigenvalue weighted by Crippen LogP contribution is 2.40. The number of ether oxygens (including phenoxy) is 1. The van der Waals surface area contributed by atoms with Gasteiger partial charge in [-0.2, -0.15) is 8.42 Å². The highest BCUT2D eigenvalue weighted by Gasteiger charge is 2.31. The van der Waals surface area contributed by atoms with Crippen molar-refractivity contribution in [2.75, 3.05) is 11.4 Å². The Morgan fingerprint density at radius 2 is 1.95 bits per heavy atom. The monoisotopic (exact) mass is 568 g/mol. The van der Waals surface area contributed by atoms with Gasteiger partial charge in [-0.3, -0.25) is 4.55 Å². The molecule has 2 heterocycles. The Labute approximate surface area is 219 Å². The highest BCUT2D eigenvalue weighted by molar-refractivity contribution is 7.86. The van der Waals surface area contributed by atoms with Gasteiger partial charge in [0.2, 0.25) is 17.3 Å². The minimum Gasteiger partial charge on any atom is -0.743 e. The minimum atomic E-state index is -4.66. The van der Waals surface area contributed by atoms with Crippen molar-refractivity contribution < 1.29 is 39.7 Å². The summed E-state index contributed by atoms with van der Waals surface area (Å²) in [5.74, 6) is 0.0700. The summed E-state index contributed by atoms with van der Waals surface area (Å²) in [6.45, 7) is 5.06. The largest absolute Gasteiger partial charge is 0.743 e. The predicted octanol–water partition coefficient (Wildman–Crippen LogP) is 3.99. The van der Waals surface area contributed by atoms with Crippen molar-refractivity contribution in [2.24, 2.45) is 0 Å². The number of hydrogen-bond donors (Lipinski definition) is 1. The quantitative estimate of drug-likeness (QED) is 0.315. The van der Waals surface area contributed by atoms with Crippen LogP contribution >= 0.6 is 11.6 Å². The number of aryl methyl sites for hydroxylation is 1. The van der Waals surface area contributed by atoms with E-state index in [4.69, 9.17) is 20.8 Å². The van der Waals surface area contributed by atoms with Crippen molar-refractivity contribution in [3.63, 3.8) is 0 Å². The van der Waals surface area contributed by atoms with Crippen LogP contribution in [-0.2, 0) is 26.1 Å². The van der Waals surface area contributed by atoms with E-state index >= 15 is 0 Å². The maximum Gasteiger partial charge on any atom is 0.375 e. The molecular weight excluding hydrogens is 544 g/mol. The van der Waals surface area contributed by atoms with Crippen LogP contribution in [0, 0.1) is 6.92 Å². The first kappa shape index (κ1) is 27.1. The predicted molar refractivity (Wildman–Crippen MR) is 138 cm³/mol. The van der Waals surface area contributed by atoms with E-state index in [9.17, 15) is 25.9 Å². The molecule has 0 radical (unpaired) electrons. The molecule has 37 heavy (non-hydrogen) atoms. The Morgan fingerprint density at radius 3 is 2.59 bits per heavy atom. The van der Waals surface area contributed by atoms with Gasteiger partial charge in [0.1, 0.15) is 5.25 Å². The van der Waals surface area contributed by atoms with Gasteiger partial charge in [-0.1, -0.05) is 24.6 Å². The fraction of sp³-hybridized carbons (Fsp3) is 0.292. The Balaban J connectivity index is 1.81. The standard InChI is InChI=1S/C24H25ClN2O8S2/c1-4-17(11-24-27(14-36(28,29)30)20-12-18(25)6-8-22(20)35-24)10-23-26(13-16(3)37(31,32)33)19-9-15(2)5-7-21(19)34-23/h5-12,16H,4,13-14H2,1-3H3,(H-,28,29,30,31,32,33). The number of allylic oxidation sites excluding steroid dienone is 2. The molecule has 1 N–H and O–H groups in total. The van der Waals surface area contributed by atoms with Gasteiger partial charge in [0, 0.05) is 23.7 Å². The molecule has 2 aromatic carbocycles. The molecular formula is C24H25ClN2O8S2. The van der Waals surface area contributed by atoms with Crippen molar-refractivity contribution in [3.8, 4) is 5.75 Å². The van der Waals surface area contributed by atoms with Crippen LogP contribution in [0.5, 0.6) is 5.75 Å². The second-order valence-corrected chi connectivity index (χ2v) is 12.4. The smallest absolute Gasteiger partial charge is 0.375 e. The summed E-state index contributed by atoms with van der Waals surface area (Å²) >= 11 is 6.07. The second-order valence-electron chi connectivity index (χ2n) is 8.73. The third kappa shape index (κ3) is 6.16. The first-order chi connectivity index (χ1) is 17.2. The van der Waals surface area contributed by atoms with Crippen LogP contribution < -0.4 is 14.2 Å². The zero-order valence-corrected chi connectivity index (χ0v) is 22.6. The van der Waals surface area contributed by atoms with Crippen molar-refractivity contribution in [2.45, 2.75) is 38.3 Å². The molecule has 4 rings (SSSR count). The molecule has 0 fully saturated rings. The molecule has 0 spiro atoms. The lowest BCUT2D eigenvalue weighted by Gasteiger charge is -2.21. The van der Waals surface area contributed by atoms with Crippen molar-refractivity contribution in [1.82, 2.24) is 0 Å². The van der Waals surface area contributed by atoms with Gasteiger partial charge < -0.3 is 18.6 Å². The van der Waals surface area contributed by atoms with E-state index in [1.54, 1.807) is 35.3 Å². The van der Waals surface area contributed by atoms with E-state index in [0.29, 0.717) is 45.4 Å². The van der Waals surface area contributed by atoms with Crippen molar-refractivity contribution in [1.29, 1.82) is 0 Å². The number of aromatic nitrogens is 1. The number of nitrogens with zero attached hydrogens (tertiary/aromatic N) is 2. The van der Waals surface area contributed by atoms with E-state index in [0.717, 1.165) is 5.56 Å². The number of anilines is 1. The third-order valence-corrected chi connectivity index (χ3v) is 7.82. The molecule has 0 saturated carbocycles. The van der Waals surface area contributed by atoms with E-state index in [2.05, 4.69) is 0 Å². The Kier molecular flexibility index (Phi) is 7.41. The van der Waals surface area contributed by atoms with Crippen LogP contribution in [0.25, 0.3) is 17.2 Å². The van der Waals surface area contributed by atoms with Crippen LogP contribution in [0.15, 0.2) is 58.3 Å². The van der Waals surface area contributed by atoms with E-state index in [1.165, 1.54) is 17.6 Å². The summed E-state index contributed by atoms with van der Waals surface area (Å²) in [6.07, 6.45) is 3.70. The molecule has 0 saturated heterocycles. The van der Waals surface area contributed by atoms with Gasteiger partial charge in [-0.05, 0) is 55.7 Å². The Morgan fingerprint density at radius 1 is 1.22 bits per heavy atom. The van der Waals surface area contributed by atoms with Crippen molar-refractivity contribution in [3.05, 3.63) is 70.4 Å². The summed E-state index contributed by atoms with van der Waals surface area (Å²) in [4.78, 5) is 1.65. The van der Waals surface area contributed by atoms with Crippen LogP contribution in [0.2, 0.25) is 5.02 Å². The number of halogens is 1. The number of benzene rings is 2. The van der Waals surface area contributed by atoms with Gasteiger partial charge in [-0.15, -0.1) is 4.57 Å². The summed E-state index contributed by atoms with van der Waals surface area (Å²) in [7, 11) is -8.97. The average molecular weight is 569 g/mol. The molecule has 1 atom stereocenters. The van der Waals surface area contributed by atoms with Crippen LogP contribution in [0.3, 0.4) is 0 Å². The van der Waals surface area contributed by atoms with Gasteiger partial charge >= 0.3 is 5.89 Å². The van der Waals surface area contributed by atoms with E-state index in [1.807, 2.05) is 26.0 Å². The average Bonchev–Trinajstić information content (AvgIpc) is 3.28. The van der Waals surface area contributed by atoms with Gasteiger partial charge in [0.25, 0.3) is 15.6 Å². The number of rotatable bonds is 8. The van der Waals surface area contributed by atoms with E-state index < -0.39 is 31.4 Å². The van der Waals surface area contributed by atoms with Crippen LogP contribution in [-0.4, -0.2) is 37.7 Å². The molecule has 0 bridgehead atoms. The maximum absolute atomic E-state index is 11.7.